The van der Waals surface area contributed by atoms with Crippen molar-refractivity contribution in [1.82, 2.24) is 9.78 Å². The predicted octanol–water partition coefficient (Wildman–Crippen LogP) is 4.58. The van der Waals surface area contributed by atoms with Crippen molar-refractivity contribution in [2.24, 2.45) is 4.99 Å². The van der Waals surface area contributed by atoms with Gasteiger partial charge in [0.1, 0.15) is 5.75 Å². The summed E-state index contributed by atoms with van der Waals surface area (Å²) in [6, 6.07) is 8.32. The minimum Gasteiger partial charge on any atom is -0.497 e. The lowest BCUT2D eigenvalue weighted by atomic mass is 9.95. The summed E-state index contributed by atoms with van der Waals surface area (Å²) in [5, 5.41) is 4.03. The number of aliphatic imine (C=N–C) groups is 1. The Kier molecular flexibility index (Phi) is 4.46. The molecule has 1 atom stereocenters. The summed E-state index contributed by atoms with van der Waals surface area (Å²) >= 11 is 1.64. The zero-order chi connectivity index (χ0) is 17.4. The number of nitrogens with zero attached hydrogens (tertiary/aromatic N) is 2. The van der Waals surface area contributed by atoms with Crippen molar-refractivity contribution in [2.75, 3.05) is 7.11 Å². The van der Waals surface area contributed by atoms with E-state index in [9.17, 15) is 4.79 Å². The summed E-state index contributed by atoms with van der Waals surface area (Å²) in [4.78, 5) is 17.5. The molecule has 1 aromatic heterocycles. The Bertz CT molecular complexity index is 862. The van der Waals surface area contributed by atoms with E-state index in [1.165, 1.54) is 19.3 Å². The van der Waals surface area contributed by atoms with Crippen LogP contribution in [-0.4, -0.2) is 21.9 Å². The highest BCUT2D eigenvalue weighted by Gasteiger charge is 2.32. The lowest BCUT2D eigenvalue weighted by Gasteiger charge is -2.26. The van der Waals surface area contributed by atoms with E-state index in [1.54, 1.807) is 18.9 Å². The van der Waals surface area contributed by atoms with Crippen LogP contribution in [0, 0.1) is 0 Å². The Morgan fingerprint density at radius 3 is 2.84 bits per heavy atom. The van der Waals surface area contributed by atoms with Crippen LogP contribution in [-0.2, 0) is 0 Å². The second-order valence-electron chi connectivity index (χ2n) is 6.75. The number of aromatic amines is 1. The molecule has 1 saturated carbocycles. The first kappa shape index (κ1) is 16.5. The second-order valence-corrected chi connectivity index (χ2v) is 8.04. The smallest absolute Gasteiger partial charge is 0.271 e. The predicted molar refractivity (Wildman–Crippen MR) is 102 cm³/mol. The topological polar surface area (TPSA) is 59.4 Å². The minimum absolute atomic E-state index is 0.0165. The second kappa shape index (κ2) is 6.75. The number of nitrogens with one attached hydrogen (secondary N) is 1. The van der Waals surface area contributed by atoms with Gasteiger partial charge in [0.25, 0.3) is 5.56 Å². The monoisotopic (exact) mass is 357 g/mol. The fourth-order valence-corrected chi connectivity index (χ4v) is 4.95. The number of fused-ring (bicyclic) bond motifs is 1. The molecule has 0 radical (unpaired) electrons. The Morgan fingerprint density at radius 2 is 2.08 bits per heavy atom. The molecule has 2 heterocycles. The van der Waals surface area contributed by atoms with Crippen molar-refractivity contribution >= 4 is 22.6 Å². The van der Waals surface area contributed by atoms with E-state index in [2.05, 4.69) is 11.2 Å². The van der Waals surface area contributed by atoms with Crippen LogP contribution in [0.1, 0.15) is 61.4 Å². The van der Waals surface area contributed by atoms with E-state index in [0.29, 0.717) is 6.04 Å². The van der Waals surface area contributed by atoms with Crippen LogP contribution in [0.5, 0.6) is 5.75 Å². The van der Waals surface area contributed by atoms with Crippen LogP contribution in [0.15, 0.2) is 34.1 Å². The molecule has 6 heteroatoms. The quantitative estimate of drug-likeness (QED) is 0.875. The zero-order valence-corrected chi connectivity index (χ0v) is 15.4. The lowest BCUT2D eigenvalue weighted by Crippen LogP contribution is -2.16. The van der Waals surface area contributed by atoms with Crippen molar-refractivity contribution in [3.63, 3.8) is 0 Å². The average molecular weight is 357 g/mol. The van der Waals surface area contributed by atoms with E-state index in [0.717, 1.165) is 40.6 Å². The highest BCUT2D eigenvalue weighted by Crippen LogP contribution is 2.45. The largest absolute Gasteiger partial charge is 0.497 e. The lowest BCUT2D eigenvalue weighted by molar-refractivity contribution is 0.331. The molecule has 0 amide bonds. The van der Waals surface area contributed by atoms with Gasteiger partial charge in [-0.3, -0.25) is 14.6 Å². The number of benzene rings is 1. The number of hydrogen-bond donors (Lipinski definition) is 1. The number of rotatable bonds is 3. The molecule has 0 spiro atoms. The molecule has 1 fully saturated rings. The number of hydrogen-bond acceptors (Lipinski definition) is 4. The van der Waals surface area contributed by atoms with Crippen LogP contribution in [0.4, 0.5) is 5.82 Å². The number of thioether (sulfide) groups is 1. The third kappa shape index (κ3) is 3.03. The first-order chi connectivity index (χ1) is 12.2. The summed E-state index contributed by atoms with van der Waals surface area (Å²) in [6.07, 6.45) is 5.95. The Labute approximate surface area is 151 Å². The van der Waals surface area contributed by atoms with Crippen molar-refractivity contribution in [2.45, 2.75) is 50.3 Å². The van der Waals surface area contributed by atoms with E-state index in [-0.39, 0.29) is 10.8 Å². The molecular formula is C19H23N3O2S. The number of aromatic nitrogens is 2. The highest BCUT2D eigenvalue weighted by molar-refractivity contribution is 8.14. The number of ether oxygens (including phenoxy) is 1. The first-order valence-electron chi connectivity index (χ1n) is 8.87. The molecule has 5 nitrogen and oxygen atoms in total. The Morgan fingerprint density at radius 1 is 1.28 bits per heavy atom. The molecule has 25 heavy (non-hydrogen) atoms. The maximum absolute atomic E-state index is 12.8. The van der Waals surface area contributed by atoms with Crippen LogP contribution in [0.25, 0.3) is 0 Å². The van der Waals surface area contributed by atoms with Gasteiger partial charge in [-0.15, -0.1) is 0 Å². The Hall–Kier alpha value is -1.95. The van der Waals surface area contributed by atoms with Gasteiger partial charge in [-0.05, 0) is 37.5 Å². The summed E-state index contributed by atoms with van der Waals surface area (Å²) in [7, 11) is 1.66. The van der Waals surface area contributed by atoms with E-state index in [1.807, 2.05) is 29.8 Å². The van der Waals surface area contributed by atoms with Gasteiger partial charge >= 0.3 is 0 Å². The number of methoxy groups -OCH3 is 1. The molecular weight excluding hydrogens is 334 g/mol. The van der Waals surface area contributed by atoms with Gasteiger partial charge in [0.05, 0.1) is 29.0 Å². The van der Waals surface area contributed by atoms with Crippen LogP contribution < -0.4 is 10.3 Å². The molecule has 0 unspecified atom stereocenters. The fraction of sp³-hybridized carbons (Fsp3) is 0.474. The molecule has 132 valence electrons. The molecule has 1 aromatic carbocycles. The summed E-state index contributed by atoms with van der Waals surface area (Å²) in [5.41, 5.74) is 1.83. The number of H-pyrrole nitrogens is 1. The molecule has 2 aliphatic rings. The molecule has 2 aromatic rings. The van der Waals surface area contributed by atoms with Gasteiger partial charge in [-0.25, -0.2) is 4.99 Å². The SMILES string of the molecule is COc1cccc([C@H]2SC(C)=Nc3c2c(=O)[nH]n3C2CCCCC2)c1. The molecule has 0 saturated heterocycles. The maximum Gasteiger partial charge on any atom is 0.271 e. The molecule has 1 aliphatic heterocycles. The fourth-order valence-electron chi connectivity index (χ4n) is 3.85. The van der Waals surface area contributed by atoms with Crippen molar-refractivity contribution < 1.29 is 4.74 Å². The van der Waals surface area contributed by atoms with Gasteiger partial charge in [-0.1, -0.05) is 43.2 Å². The van der Waals surface area contributed by atoms with E-state index < -0.39 is 0 Å². The third-order valence-corrected chi connectivity index (χ3v) is 6.26. The highest BCUT2D eigenvalue weighted by atomic mass is 32.2. The summed E-state index contributed by atoms with van der Waals surface area (Å²) in [6.45, 7) is 2.02. The average Bonchev–Trinajstić information content (AvgIpc) is 2.98. The standard InChI is InChI=1S/C19H23N3O2S/c1-12-20-18-16(17(25-12)13-7-6-10-15(11-13)24-2)19(23)21-22(18)14-8-4-3-5-9-14/h6-7,10-11,14,17H,3-5,8-9H2,1-2H3,(H,21,23)/t17-/m1/s1. The van der Waals surface area contributed by atoms with E-state index >= 15 is 0 Å². The van der Waals surface area contributed by atoms with Crippen LogP contribution in [0.2, 0.25) is 0 Å². The van der Waals surface area contributed by atoms with Crippen molar-refractivity contribution in [1.29, 1.82) is 0 Å². The minimum atomic E-state index is -0.0452. The van der Waals surface area contributed by atoms with Crippen molar-refractivity contribution in [3.05, 3.63) is 45.7 Å². The van der Waals surface area contributed by atoms with Crippen LogP contribution >= 0.6 is 11.8 Å². The summed E-state index contributed by atoms with van der Waals surface area (Å²) in [5.74, 6) is 1.63. The first-order valence-corrected chi connectivity index (χ1v) is 9.75. The molecule has 1 N–H and O–H groups in total. The molecule has 4 rings (SSSR count). The van der Waals surface area contributed by atoms with Gasteiger partial charge in [0.15, 0.2) is 5.82 Å². The van der Waals surface area contributed by atoms with Gasteiger partial charge in [-0.2, -0.15) is 0 Å². The van der Waals surface area contributed by atoms with Crippen LogP contribution in [0.3, 0.4) is 0 Å². The Balaban J connectivity index is 1.80. The molecule has 1 aliphatic carbocycles. The van der Waals surface area contributed by atoms with Crippen molar-refractivity contribution in [3.8, 4) is 5.75 Å². The summed E-state index contributed by atoms with van der Waals surface area (Å²) < 4.78 is 7.40. The van der Waals surface area contributed by atoms with Gasteiger partial charge in [0, 0.05) is 0 Å². The van der Waals surface area contributed by atoms with Gasteiger partial charge in [0.2, 0.25) is 0 Å². The zero-order valence-electron chi connectivity index (χ0n) is 14.6. The normalized spacial score (nSPS) is 20.9. The van der Waals surface area contributed by atoms with Gasteiger partial charge < -0.3 is 4.74 Å². The maximum atomic E-state index is 12.8. The van der Waals surface area contributed by atoms with E-state index in [4.69, 9.17) is 9.73 Å². The molecule has 0 bridgehead atoms. The third-order valence-electron chi connectivity index (χ3n) is 5.09.